The van der Waals surface area contributed by atoms with Gasteiger partial charge in [0.15, 0.2) is 0 Å². The van der Waals surface area contributed by atoms with Crippen molar-refractivity contribution in [2.45, 2.75) is 32.7 Å². The average Bonchev–Trinajstić information content (AvgIpc) is 2.43. The van der Waals surface area contributed by atoms with Crippen molar-refractivity contribution in [3.05, 3.63) is 29.3 Å². The van der Waals surface area contributed by atoms with Gasteiger partial charge in [0.1, 0.15) is 0 Å². The monoisotopic (exact) mass is 298 g/mol. The fraction of sp³-hybridized carbons (Fsp3) is 0.533. The van der Waals surface area contributed by atoms with Crippen LogP contribution in [0.2, 0.25) is 0 Å². The lowest BCUT2D eigenvalue weighted by Gasteiger charge is -2.26. The number of amides is 1. The predicted molar refractivity (Wildman–Crippen MR) is 83.3 cm³/mol. The van der Waals surface area contributed by atoms with Crippen LogP contribution in [-0.4, -0.2) is 25.2 Å². The number of anilines is 1. The zero-order chi connectivity index (χ0) is 13.8. The van der Waals surface area contributed by atoms with Gasteiger partial charge in [-0.2, -0.15) is 0 Å². The number of carbonyl (C=O) groups excluding carboxylic acids is 1. The van der Waals surface area contributed by atoms with Crippen molar-refractivity contribution in [2.24, 2.45) is 11.7 Å². The van der Waals surface area contributed by atoms with Crippen molar-refractivity contribution in [1.82, 2.24) is 0 Å². The molecule has 1 amide bonds. The van der Waals surface area contributed by atoms with E-state index < -0.39 is 6.04 Å². The van der Waals surface area contributed by atoms with Gasteiger partial charge in [-0.1, -0.05) is 6.07 Å². The fourth-order valence-electron chi connectivity index (χ4n) is 2.33. The summed E-state index contributed by atoms with van der Waals surface area (Å²) in [6.45, 7) is 5.49. The lowest BCUT2D eigenvalue weighted by molar-refractivity contribution is -0.119. The molecule has 3 N–H and O–H groups in total. The zero-order valence-corrected chi connectivity index (χ0v) is 12.8. The van der Waals surface area contributed by atoms with E-state index in [9.17, 15) is 4.79 Å². The normalized spacial score (nSPS) is 17.1. The number of nitrogens with two attached hydrogens (primary N) is 1. The van der Waals surface area contributed by atoms with Gasteiger partial charge in [-0.3, -0.25) is 4.79 Å². The third-order valence-corrected chi connectivity index (χ3v) is 3.85. The molecule has 0 radical (unpaired) electrons. The summed E-state index contributed by atoms with van der Waals surface area (Å²) in [5.74, 6) is 0.121. The quantitative estimate of drug-likeness (QED) is 0.901. The van der Waals surface area contributed by atoms with E-state index in [2.05, 4.69) is 12.2 Å². The number of carbonyl (C=O) groups is 1. The van der Waals surface area contributed by atoms with E-state index >= 15 is 0 Å². The number of benzene rings is 1. The predicted octanol–water partition coefficient (Wildman–Crippen LogP) is 2.42. The van der Waals surface area contributed by atoms with Crippen LogP contribution in [0.15, 0.2) is 18.2 Å². The van der Waals surface area contributed by atoms with E-state index in [0.717, 1.165) is 24.1 Å². The number of hydrogen-bond donors (Lipinski definition) is 2. The van der Waals surface area contributed by atoms with Gasteiger partial charge in [0, 0.05) is 18.9 Å². The molecule has 1 saturated heterocycles. The smallest absolute Gasteiger partial charge is 0.241 e. The van der Waals surface area contributed by atoms with Gasteiger partial charge < -0.3 is 15.8 Å². The summed E-state index contributed by atoms with van der Waals surface area (Å²) >= 11 is 0. The number of hydrogen-bond acceptors (Lipinski definition) is 3. The van der Waals surface area contributed by atoms with E-state index in [1.54, 1.807) is 0 Å². The molecule has 1 unspecified atom stereocenters. The molecule has 5 heteroatoms. The van der Waals surface area contributed by atoms with Gasteiger partial charge in [0.25, 0.3) is 0 Å². The molecule has 1 fully saturated rings. The van der Waals surface area contributed by atoms with Crippen LogP contribution >= 0.6 is 12.4 Å². The summed E-state index contributed by atoms with van der Waals surface area (Å²) in [7, 11) is 0. The Morgan fingerprint density at radius 1 is 1.30 bits per heavy atom. The van der Waals surface area contributed by atoms with Crippen LogP contribution in [0.5, 0.6) is 0 Å². The molecule has 1 aromatic rings. The van der Waals surface area contributed by atoms with Crippen LogP contribution in [0.4, 0.5) is 5.69 Å². The highest BCUT2D eigenvalue weighted by molar-refractivity contribution is 5.95. The first-order valence-electron chi connectivity index (χ1n) is 6.79. The second-order valence-electron chi connectivity index (χ2n) is 5.26. The first-order valence-corrected chi connectivity index (χ1v) is 6.79. The van der Waals surface area contributed by atoms with Crippen molar-refractivity contribution in [3.63, 3.8) is 0 Å². The highest BCUT2D eigenvalue weighted by atomic mass is 35.5. The molecule has 0 saturated carbocycles. The third kappa shape index (κ3) is 4.20. The highest BCUT2D eigenvalue weighted by Crippen LogP contribution is 2.19. The summed E-state index contributed by atoms with van der Waals surface area (Å²) in [6.07, 6.45) is 1.73. The maximum Gasteiger partial charge on any atom is 0.241 e. The lowest BCUT2D eigenvalue weighted by atomic mass is 9.92. The van der Waals surface area contributed by atoms with Crippen LogP contribution < -0.4 is 11.1 Å². The minimum atomic E-state index is -0.453. The van der Waals surface area contributed by atoms with Gasteiger partial charge >= 0.3 is 0 Å². The molecule has 112 valence electrons. The van der Waals surface area contributed by atoms with Crippen molar-refractivity contribution in [1.29, 1.82) is 0 Å². The Kier molecular flexibility index (Phi) is 6.46. The molecule has 1 aliphatic heterocycles. The van der Waals surface area contributed by atoms with E-state index in [1.807, 2.05) is 25.1 Å². The Labute approximate surface area is 126 Å². The molecule has 0 aliphatic carbocycles. The summed E-state index contributed by atoms with van der Waals surface area (Å²) < 4.78 is 5.29. The second-order valence-corrected chi connectivity index (χ2v) is 5.26. The molecule has 0 spiro atoms. The molecule has 0 aromatic heterocycles. The van der Waals surface area contributed by atoms with Crippen molar-refractivity contribution >= 4 is 24.0 Å². The summed E-state index contributed by atoms with van der Waals surface area (Å²) in [4.78, 5) is 12.1. The molecule has 0 bridgehead atoms. The van der Waals surface area contributed by atoms with Crippen LogP contribution in [0.25, 0.3) is 0 Å². The van der Waals surface area contributed by atoms with Gasteiger partial charge in [-0.05, 0) is 55.9 Å². The lowest BCUT2D eigenvalue weighted by Crippen LogP contribution is -2.44. The van der Waals surface area contributed by atoms with Gasteiger partial charge in [0.05, 0.1) is 6.04 Å². The summed E-state index contributed by atoms with van der Waals surface area (Å²) in [5.41, 5.74) is 9.23. The van der Waals surface area contributed by atoms with E-state index in [0.29, 0.717) is 13.2 Å². The molecule has 2 rings (SSSR count). The van der Waals surface area contributed by atoms with Gasteiger partial charge in [0.2, 0.25) is 5.91 Å². The zero-order valence-electron chi connectivity index (χ0n) is 12.0. The van der Waals surface area contributed by atoms with Gasteiger partial charge in [-0.25, -0.2) is 0 Å². The van der Waals surface area contributed by atoms with E-state index in [4.69, 9.17) is 10.5 Å². The Bertz CT molecular complexity index is 459. The maximum atomic E-state index is 12.1. The first kappa shape index (κ1) is 17.0. The third-order valence-electron chi connectivity index (χ3n) is 3.85. The molecular weight excluding hydrogens is 276 g/mol. The highest BCUT2D eigenvalue weighted by Gasteiger charge is 2.26. The number of halogens is 1. The molecular formula is C15H23ClN2O2. The van der Waals surface area contributed by atoms with Gasteiger partial charge in [-0.15, -0.1) is 12.4 Å². The maximum absolute atomic E-state index is 12.1. The van der Waals surface area contributed by atoms with E-state index in [1.165, 1.54) is 5.56 Å². The Morgan fingerprint density at radius 3 is 2.55 bits per heavy atom. The van der Waals surface area contributed by atoms with Crippen molar-refractivity contribution in [2.75, 3.05) is 18.5 Å². The van der Waals surface area contributed by atoms with Crippen LogP contribution in [0.1, 0.15) is 24.0 Å². The van der Waals surface area contributed by atoms with Crippen LogP contribution in [-0.2, 0) is 9.53 Å². The molecule has 1 heterocycles. The molecule has 1 aliphatic rings. The number of aryl methyl sites for hydroxylation is 2. The standard InChI is InChI=1S/C15H22N2O2.ClH/c1-10-3-4-13(9-11(10)2)17-15(18)14(16)12-5-7-19-8-6-12;/h3-4,9,12,14H,5-8,16H2,1-2H3,(H,17,18);1H. The van der Waals surface area contributed by atoms with Crippen LogP contribution in [0, 0.1) is 19.8 Å². The Balaban J connectivity index is 0.00000200. The molecule has 4 nitrogen and oxygen atoms in total. The second kappa shape index (κ2) is 7.62. The van der Waals surface area contributed by atoms with E-state index in [-0.39, 0.29) is 24.2 Å². The molecule has 1 aromatic carbocycles. The number of rotatable bonds is 3. The first-order chi connectivity index (χ1) is 9.08. The SMILES string of the molecule is Cc1ccc(NC(=O)C(N)C2CCOCC2)cc1C.Cl. The fourth-order valence-corrected chi connectivity index (χ4v) is 2.33. The summed E-state index contributed by atoms with van der Waals surface area (Å²) in [5, 5.41) is 2.90. The largest absolute Gasteiger partial charge is 0.381 e. The Hall–Kier alpha value is -1.10. The van der Waals surface area contributed by atoms with Crippen molar-refractivity contribution in [3.8, 4) is 0 Å². The topological polar surface area (TPSA) is 64.4 Å². The molecule has 1 atom stereocenters. The average molecular weight is 299 g/mol. The minimum absolute atomic E-state index is 0. The minimum Gasteiger partial charge on any atom is -0.381 e. The number of ether oxygens (including phenoxy) is 1. The van der Waals surface area contributed by atoms with Crippen LogP contribution in [0.3, 0.4) is 0 Å². The number of nitrogens with one attached hydrogen (secondary N) is 1. The van der Waals surface area contributed by atoms with Crippen molar-refractivity contribution < 1.29 is 9.53 Å². The Morgan fingerprint density at radius 2 is 1.95 bits per heavy atom. The summed E-state index contributed by atoms with van der Waals surface area (Å²) in [6, 6.07) is 5.44. The molecule has 20 heavy (non-hydrogen) atoms.